The first kappa shape index (κ1) is 21.8. The second-order valence-electron chi connectivity index (χ2n) is 6.52. The molecule has 3 N–H and O–H groups in total. The minimum Gasteiger partial charge on any atom is -0.458 e. The standard InChI is InChI=1S/C22H19ClN4O4/c1-14-5-7-15(8-6-14)20(28)27-25-13-19-10-9-18(31-19)12-24-21(29)22(30)26-17-4-2-3-16(23)11-17/h2-11,13H,12H2,1H3,(H,24,29)(H,26,30)(H,27,28)/b25-13-. The van der Waals surface area contributed by atoms with E-state index in [2.05, 4.69) is 21.2 Å². The maximum atomic E-state index is 12.0. The lowest BCUT2D eigenvalue weighted by atomic mass is 10.1. The molecular weight excluding hydrogens is 420 g/mol. The molecule has 31 heavy (non-hydrogen) atoms. The number of halogens is 1. The molecule has 0 unspecified atom stereocenters. The van der Waals surface area contributed by atoms with E-state index in [0.29, 0.717) is 27.8 Å². The van der Waals surface area contributed by atoms with Crippen LogP contribution in [0.15, 0.2) is 70.2 Å². The quantitative estimate of drug-likeness (QED) is 0.311. The number of aryl methyl sites for hydroxylation is 1. The van der Waals surface area contributed by atoms with Gasteiger partial charge in [0.25, 0.3) is 5.91 Å². The van der Waals surface area contributed by atoms with E-state index in [9.17, 15) is 14.4 Å². The number of hydrogen-bond acceptors (Lipinski definition) is 5. The summed E-state index contributed by atoms with van der Waals surface area (Å²) in [5.41, 5.74) is 4.36. The summed E-state index contributed by atoms with van der Waals surface area (Å²) in [5.74, 6) is -1.21. The van der Waals surface area contributed by atoms with Crippen molar-refractivity contribution in [2.24, 2.45) is 5.10 Å². The molecule has 0 atom stereocenters. The first-order valence-corrected chi connectivity index (χ1v) is 9.62. The van der Waals surface area contributed by atoms with Crippen LogP contribution < -0.4 is 16.1 Å². The maximum absolute atomic E-state index is 12.0. The van der Waals surface area contributed by atoms with E-state index in [1.807, 2.05) is 19.1 Å². The van der Waals surface area contributed by atoms with Crippen molar-refractivity contribution >= 4 is 41.2 Å². The lowest BCUT2D eigenvalue weighted by molar-refractivity contribution is -0.136. The van der Waals surface area contributed by atoms with Gasteiger partial charge in [-0.2, -0.15) is 5.10 Å². The number of nitrogens with zero attached hydrogens (tertiary/aromatic N) is 1. The molecule has 158 valence electrons. The van der Waals surface area contributed by atoms with Gasteiger partial charge in [0.15, 0.2) is 0 Å². The highest BCUT2D eigenvalue weighted by Gasteiger charge is 2.14. The van der Waals surface area contributed by atoms with Crippen molar-refractivity contribution in [2.45, 2.75) is 13.5 Å². The van der Waals surface area contributed by atoms with Crippen molar-refractivity contribution in [1.29, 1.82) is 0 Å². The van der Waals surface area contributed by atoms with Gasteiger partial charge in [-0.05, 0) is 49.4 Å². The number of rotatable bonds is 6. The number of hydrogen-bond donors (Lipinski definition) is 3. The maximum Gasteiger partial charge on any atom is 0.313 e. The van der Waals surface area contributed by atoms with Gasteiger partial charge < -0.3 is 15.1 Å². The van der Waals surface area contributed by atoms with Crippen molar-refractivity contribution in [1.82, 2.24) is 10.7 Å². The fourth-order valence-electron chi connectivity index (χ4n) is 2.48. The number of hydrazone groups is 1. The lowest BCUT2D eigenvalue weighted by Crippen LogP contribution is -2.34. The summed E-state index contributed by atoms with van der Waals surface area (Å²) >= 11 is 5.84. The number of benzene rings is 2. The topological polar surface area (TPSA) is 113 Å². The Labute approximate surface area is 183 Å². The molecule has 0 spiro atoms. The van der Waals surface area contributed by atoms with E-state index in [4.69, 9.17) is 16.0 Å². The number of carbonyl (C=O) groups excluding carboxylic acids is 3. The predicted octanol–water partition coefficient (Wildman–Crippen LogP) is 3.26. The zero-order chi connectivity index (χ0) is 22.2. The van der Waals surface area contributed by atoms with Gasteiger partial charge in [0.1, 0.15) is 11.5 Å². The third-order valence-corrected chi connectivity index (χ3v) is 4.30. The monoisotopic (exact) mass is 438 g/mol. The molecule has 0 fully saturated rings. The van der Waals surface area contributed by atoms with Gasteiger partial charge >= 0.3 is 11.8 Å². The van der Waals surface area contributed by atoms with Crippen molar-refractivity contribution in [3.8, 4) is 0 Å². The molecule has 9 heteroatoms. The van der Waals surface area contributed by atoms with E-state index in [1.165, 1.54) is 12.3 Å². The van der Waals surface area contributed by atoms with Gasteiger partial charge in [-0.1, -0.05) is 35.4 Å². The van der Waals surface area contributed by atoms with Gasteiger partial charge in [0.05, 0.1) is 12.8 Å². The molecule has 3 aromatic rings. The van der Waals surface area contributed by atoms with Crippen LogP contribution in [0.5, 0.6) is 0 Å². The fraction of sp³-hybridized carbons (Fsp3) is 0.0909. The summed E-state index contributed by atoms with van der Waals surface area (Å²) in [6, 6.07) is 16.8. The largest absolute Gasteiger partial charge is 0.458 e. The van der Waals surface area contributed by atoms with Crippen LogP contribution in [-0.2, 0) is 16.1 Å². The number of carbonyl (C=O) groups is 3. The van der Waals surface area contributed by atoms with Crippen LogP contribution >= 0.6 is 11.6 Å². The minimum atomic E-state index is -0.825. The van der Waals surface area contributed by atoms with Crippen LogP contribution in [0, 0.1) is 6.92 Å². The Morgan fingerprint density at radius 1 is 1.03 bits per heavy atom. The second kappa shape index (κ2) is 10.2. The van der Waals surface area contributed by atoms with Gasteiger partial charge in [-0.25, -0.2) is 5.43 Å². The molecule has 0 aliphatic heterocycles. The zero-order valence-electron chi connectivity index (χ0n) is 16.5. The number of furan rings is 1. The summed E-state index contributed by atoms with van der Waals surface area (Å²) in [6.07, 6.45) is 1.34. The molecule has 0 saturated carbocycles. The summed E-state index contributed by atoms with van der Waals surface area (Å²) in [7, 11) is 0. The molecule has 0 bridgehead atoms. The summed E-state index contributed by atoms with van der Waals surface area (Å²) in [6.45, 7) is 1.94. The van der Waals surface area contributed by atoms with Crippen molar-refractivity contribution in [2.75, 3.05) is 5.32 Å². The molecule has 0 radical (unpaired) electrons. The van der Waals surface area contributed by atoms with Gasteiger partial charge in [0, 0.05) is 16.3 Å². The normalized spacial score (nSPS) is 10.6. The van der Waals surface area contributed by atoms with Crippen LogP contribution in [-0.4, -0.2) is 23.9 Å². The molecule has 1 aromatic heterocycles. The average molecular weight is 439 g/mol. The van der Waals surface area contributed by atoms with Crippen LogP contribution in [0.2, 0.25) is 5.02 Å². The average Bonchev–Trinajstić information content (AvgIpc) is 3.20. The third-order valence-electron chi connectivity index (χ3n) is 4.07. The summed E-state index contributed by atoms with van der Waals surface area (Å²) in [5, 5.41) is 9.20. The SMILES string of the molecule is Cc1ccc(C(=O)N/N=C\c2ccc(CNC(=O)C(=O)Nc3cccc(Cl)c3)o2)cc1. The first-order chi connectivity index (χ1) is 14.9. The van der Waals surface area contributed by atoms with Crippen molar-refractivity contribution in [3.63, 3.8) is 0 Å². The second-order valence-corrected chi connectivity index (χ2v) is 6.95. The minimum absolute atomic E-state index is 0.00532. The molecule has 3 amide bonds. The van der Waals surface area contributed by atoms with E-state index in [0.717, 1.165) is 5.56 Å². The number of nitrogens with one attached hydrogen (secondary N) is 3. The van der Waals surface area contributed by atoms with Crippen LogP contribution in [0.1, 0.15) is 27.4 Å². The van der Waals surface area contributed by atoms with Crippen LogP contribution in [0.4, 0.5) is 5.69 Å². The van der Waals surface area contributed by atoms with E-state index in [-0.39, 0.29) is 12.5 Å². The van der Waals surface area contributed by atoms with Gasteiger partial charge in [-0.15, -0.1) is 0 Å². The van der Waals surface area contributed by atoms with E-state index >= 15 is 0 Å². The highest BCUT2D eigenvalue weighted by molar-refractivity contribution is 6.39. The zero-order valence-corrected chi connectivity index (χ0v) is 17.3. The molecule has 8 nitrogen and oxygen atoms in total. The Bertz CT molecular complexity index is 1120. The Morgan fingerprint density at radius 2 is 1.81 bits per heavy atom. The van der Waals surface area contributed by atoms with Gasteiger partial charge in [0.2, 0.25) is 0 Å². The fourth-order valence-corrected chi connectivity index (χ4v) is 2.67. The number of anilines is 1. The summed E-state index contributed by atoms with van der Waals surface area (Å²) < 4.78 is 5.49. The third kappa shape index (κ3) is 6.55. The van der Waals surface area contributed by atoms with Crippen molar-refractivity contribution < 1.29 is 18.8 Å². The highest BCUT2D eigenvalue weighted by atomic mass is 35.5. The Morgan fingerprint density at radius 3 is 2.55 bits per heavy atom. The smallest absolute Gasteiger partial charge is 0.313 e. The van der Waals surface area contributed by atoms with Crippen LogP contribution in [0.3, 0.4) is 0 Å². The van der Waals surface area contributed by atoms with E-state index in [1.54, 1.807) is 42.5 Å². The van der Waals surface area contributed by atoms with Crippen molar-refractivity contribution in [3.05, 3.63) is 88.3 Å². The molecule has 0 aliphatic rings. The predicted molar refractivity (Wildman–Crippen MR) is 117 cm³/mol. The summed E-state index contributed by atoms with van der Waals surface area (Å²) in [4.78, 5) is 35.9. The van der Waals surface area contributed by atoms with E-state index < -0.39 is 11.8 Å². The van der Waals surface area contributed by atoms with Gasteiger partial charge in [-0.3, -0.25) is 14.4 Å². The first-order valence-electron chi connectivity index (χ1n) is 9.24. The number of amides is 3. The molecule has 2 aromatic carbocycles. The Hall–Kier alpha value is -3.91. The molecular formula is C22H19ClN4O4. The Balaban J connectivity index is 1.46. The Kier molecular flexibility index (Phi) is 7.18. The molecule has 1 heterocycles. The molecule has 3 rings (SSSR count). The molecule has 0 aliphatic carbocycles. The highest BCUT2D eigenvalue weighted by Crippen LogP contribution is 2.14. The lowest BCUT2D eigenvalue weighted by Gasteiger charge is -2.05. The van der Waals surface area contributed by atoms with Crippen LogP contribution in [0.25, 0.3) is 0 Å². The molecule has 0 saturated heterocycles.